The SMILES string of the molecule is NCC(C1CCCC1)C(F)(F)F. The summed E-state index contributed by atoms with van der Waals surface area (Å²) in [6.45, 7) is -0.256. The van der Waals surface area contributed by atoms with E-state index in [1.54, 1.807) is 0 Å². The molecular formula is C8H14F3N. The van der Waals surface area contributed by atoms with Gasteiger partial charge < -0.3 is 5.73 Å². The minimum absolute atomic E-state index is 0.213. The van der Waals surface area contributed by atoms with Crippen LogP contribution < -0.4 is 5.73 Å². The third-order valence-electron chi connectivity index (χ3n) is 2.64. The molecule has 1 saturated carbocycles. The van der Waals surface area contributed by atoms with Gasteiger partial charge in [0.05, 0.1) is 5.92 Å². The van der Waals surface area contributed by atoms with Gasteiger partial charge in [0.2, 0.25) is 0 Å². The van der Waals surface area contributed by atoms with Crippen LogP contribution in [0.5, 0.6) is 0 Å². The molecule has 4 heteroatoms. The lowest BCUT2D eigenvalue weighted by atomic mass is 9.90. The summed E-state index contributed by atoms with van der Waals surface area (Å²) in [7, 11) is 0. The van der Waals surface area contributed by atoms with Crippen molar-refractivity contribution >= 4 is 0 Å². The number of alkyl halides is 3. The molecule has 1 aliphatic carbocycles. The van der Waals surface area contributed by atoms with Gasteiger partial charge in [0, 0.05) is 6.54 Å². The summed E-state index contributed by atoms with van der Waals surface area (Å²) in [5, 5.41) is 0. The van der Waals surface area contributed by atoms with Crippen LogP contribution in [0.3, 0.4) is 0 Å². The lowest BCUT2D eigenvalue weighted by molar-refractivity contribution is -0.185. The summed E-state index contributed by atoms with van der Waals surface area (Å²) < 4.78 is 36.9. The van der Waals surface area contributed by atoms with Crippen molar-refractivity contribution in [3.05, 3.63) is 0 Å². The highest BCUT2D eigenvalue weighted by molar-refractivity contribution is 4.80. The molecule has 1 unspecified atom stereocenters. The Morgan fingerprint density at radius 1 is 1.25 bits per heavy atom. The fraction of sp³-hybridized carbons (Fsp3) is 1.00. The van der Waals surface area contributed by atoms with Crippen molar-refractivity contribution in [3.8, 4) is 0 Å². The first kappa shape index (κ1) is 9.84. The van der Waals surface area contributed by atoms with E-state index < -0.39 is 12.1 Å². The van der Waals surface area contributed by atoms with Crippen LogP contribution in [-0.4, -0.2) is 12.7 Å². The number of nitrogens with two attached hydrogens (primary N) is 1. The topological polar surface area (TPSA) is 26.0 Å². The molecular weight excluding hydrogens is 167 g/mol. The van der Waals surface area contributed by atoms with Crippen LogP contribution in [0.4, 0.5) is 13.2 Å². The summed E-state index contributed by atoms with van der Waals surface area (Å²) in [4.78, 5) is 0. The van der Waals surface area contributed by atoms with Crippen molar-refractivity contribution in [2.45, 2.75) is 31.9 Å². The maximum atomic E-state index is 12.3. The zero-order valence-corrected chi connectivity index (χ0v) is 6.90. The highest BCUT2D eigenvalue weighted by Crippen LogP contribution is 2.39. The highest BCUT2D eigenvalue weighted by Gasteiger charge is 2.44. The molecule has 1 atom stereocenters. The largest absolute Gasteiger partial charge is 0.393 e. The average Bonchev–Trinajstić information content (AvgIpc) is 2.38. The van der Waals surface area contributed by atoms with Gasteiger partial charge in [-0.15, -0.1) is 0 Å². The molecule has 1 fully saturated rings. The summed E-state index contributed by atoms with van der Waals surface area (Å²) in [5.74, 6) is -1.48. The van der Waals surface area contributed by atoms with Crippen molar-refractivity contribution in [1.29, 1.82) is 0 Å². The molecule has 12 heavy (non-hydrogen) atoms. The van der Waals surface area contributed by atoms with Crippen LogP contribution >= 0.6 is 0 Å². The van der Waals surface area contributed by atoms with Crippen LogP contribution in [0.15, 0.2) is 0 Å². The first-order chi connectivity index (χ1) is 5.55. The van der Waals surface area contributed by atoms with Gasteiger partial charge in [-0.1, -0.05) is 12.8 Å². The highest BCUT2D eigenvalue weighted by atomic mass is 19.4. The molecule has 0 radical (unpaired) electrons. The quantitative estimate of drug-likeness (QED) is 0.695. The maximum Gasteiger partial charge on any atom is 0.393 e. The van der Waals surface area contributed by atoms with Crippen molar-refractivity contribution in [2.24, 2.45) is 17.6 Å². The summed E-state index contributed by atoms with van der Waals surface area (Å²) in [6, 6.07) is 0. The van der Waals surface area contributed by atoms with Gasteiger partial charge in [-0.25, -0.2) is 0 Å². The first-order valence-corrected chi connectivity index (χ1v) is 4.32. The first-order valence-electron chi connectivity index (χ1n) is 4.32. The van der Waals surface area contributed by atoms with E-state index in [0.29, 0.717) is 12.8 Å². The van der Waals surface area contributed by atoms with Crippen molar-refractivity contribution in [1.82, 2.24) is 0 Å². The Morgan fingerprint density at radius 2 is 1.75 bits per heavy atom. The van der Waals surface area contributed by atoms with Crippen molar-refractivity contribution in [3.63, 3.8) is 0 Å². The van der Waals surface area contributed by atoms with E-state index in [9.17, 15) is 13.2 Å². The van der Waals surface area contributed by atoms with Crippen LogP contribution in [0.2, 0.25) is 0 Å². The third-order valence-corrected chi connectivity index (χ3v) is 2.64. The number of halogens is 3. The summed E-state index contributed by atoms with van der Waals surface area (Å²) in [6.07, 6.45) is -0.846. The number of hydrogen-bond donors (Lipinski definition) is 1. The Hall–Kier alpha value is -0.250. The molecule has 0 aromatic heterocycles. The number of hydrogen-bond acceptors (Lipinski definition) is 1. The van der Waals surface area contributed by atoms with Gasteiger partial charge in [0.15, 0.2) is 0 Å². The van der Waals surface area contributed by atoms with Crippen LogP contribution in [0, 0.1) is 11.8 Å². The van der Waals surface area contributed by atoms with E-state index in [1.165, 1.54) is 0 Å². The van der Waals surface area contributed by atoms with Gasteiger partial charge in [0.1, 0.15) is 0 Å². The molecule has 0 saturated heterocycles. The number of rotatable bonds is 2. The van der Waals surface area contributed by atoms with Crippen LogP contribution in [0.1, 0.15) is 25.7 Å². The zero-order chi connectivity index (χ0) is 9.19. The van der Waals surface area contributed by atoms with Crippen LogP contribution in [-0.2, 0) is 0 Å². The fourth-order valence-corrected chi connectivity index (χ4v) is 1.95. The van der Waals surface area contributed by atoms with E-state index in [4.69, 9.17) is 5.73 Å². The molecule has 1 rings (SSSR count). The van der Waals surface area contributed by atoms with E-state index in [0.717, 1.165) is 12.8 Å². The fourth-order valence-electron chi connectivity index (χ4n) is 1.95. The lowest BCUT2D eigenvalue weighted by Gasteiger charge is -2.24. The van der Waals surface area contributed by atoms with E-state index >= 15 is 0 Å². The Balaban J connectivity index is 2.54. The Morgan fingerprint density at radius 3 is 2.08 bits per heavy atom. The van der Waals surface area contributed by atoms with Gasteiger partial charge in [0.25, 0.3) is 0 Å². The smallest absolute Gasteiger partial charge is 0.330 e. The molecule has 0 bridgehead atoms. The molecule has 0 aromatic carbocycles. The Labute approximate surface area is 70.1 Å². The van der Waals surface area contributed by atoms with E-state index in [-0.39, 0.29) is 12.5 Å². The minimum atomic E-state index is -4.09. The Bertz CT molecular complexity index is 138. The standard InChI is InChI=1S/C8H14F3N/c9-8(10,11)7(5-12)6-3-1-2-4-6/h6-7H,1-5,12H2. The second-order valence-corrected chi connectivity index (χ2v) is 3.43. The van der Waals surface area contributed by atoms with E-state index in [1.807, 2.05) is 0 Å². The van der Waals surface area contributed by atoms with Crippen molar-refractivity contribution in [2.75, 3.05) is 6.54 Å². The molecule has 0 aromatic rings. The molecule has 0 aliphatic heterocycles. The molecule has 72 valence electrons. The second kappa shape index (κ2) is 3.64. The lowest BCUT2D eigenvalue weighted by Crippen LogP contribution is -2.35. The third kappa shape index (κ3) is 2.12. The molecule has 1 nitrogen and oxygen atoms in total. The molecule has 0 amide bonds. The van der Waals surface area contributed by atoms with Crippen LogP contribution in [0.25, 0.3) is 0 Å². The zero-order valence-electron chi connectivity index (χ0n) is 6.90. The maximum absolute atomic E-state index is 12.3. The monoisotopic (exact) mass is 181 g/mol. The average molecular weight is 181 g/mol. The Kier molecular flexibility index (Phi) is 2.99. The summed E-state index contributed by atoms with van der Waals surface area (Å²) >= 11 is 0. The van der Waals surface area contributed by atoms with Gasteiger partial charge in [-0.2, -0.15) is 13.2 Å². The second-order valence-electron chi connectivity index (χ2n) is 3.43. The van der Waals surface area contributed by atoms with Gasteiger partial charge >= 0.3 is 6.18 Å². The molecule has 0 spiro atoms. The predicted octanol–water partition coefficient (Wildman–Crippen LogP) is 2.31. The minimum Gasteiger partial charge on any atom is -0.330 e. The van der Waals surface area contributed by atoms with E-state index in [2.05, 4.69) is 0 Å². The van der Waals surface area contributed by atoms with Gasteiger partial charge in [-0.05, 0) is 18.8 Å². The summed E-state index contributed by atoms with van der Waals surface area (Å²) in [5.41, 5.74) is 5.12. The molecule has 1 aliphatic rings. The van der Waals surface area contributed by atoms with Gasteiger partial charge in [-0.3, -0.25) is 0 Å². The van der Waals surface area contributed by atoms with Crippen molar-refractivity contribution < 1.29 is 13.2 Å². The molecule has 0 heterocycles. The predicted molar refractivity (Wildman–Crippen MR) is 40.6 cm³/mol. The molecule has 2 N–H and O–H groups in total. The normalized spacial score (nSPS) is 23.0.